The van der Waals surface area contributed by atoms with Crippen LogP contribution in [0.4, 0.5) is 16.3 Å². The van der Waals surface area contributed by atoms with E-state index in [-0.39, 0.29) is 11.1 Å². The van der Waals surface area contributed by atoms with Crippen LogP contribution in [0.1, 0.15) is 6.42 Å². The number of anilines is 2. The molecule has 2 amide bonds. The van der Waals surface area contributed by atoms with Gasteiger partial charge in [-0.15, -0.1) is 0 Å². The third kappa shape index (κ3) is 4.35. The summed E-state index contributed by atoms with van der Waals surface area (Å²) in [4.78, 5) is 31.6. The quantitative estimate of drug-likeness (QED) is 0.876. The number of pyridine rings is 1. The van der Waals surface area contributed by atoms with Crippen molar-refractivity contribution in [3.63, 3.8) is 0 Å². The normalized spacial score (nSPS) is 18.3. The minimum atomic E-state index is -0.124. The number of amides is 2. The molecule has 2 aliphatic rings. The zero-order chi connectivity index (χ0) is 16.1. The van der Waals surface area contributed by atoms with Crippen molar-refractivity contribution in [2.24, 2.45) is 0 Å². The Morgan fingerprint density at radius 3 is 2.78 bits per heavy atom. The predicted molar refractivity (Wildman–Crippen MR) is 89.9 cm³/mol. The van der Waals surface area contributed by atoms with E-state index in [1.165, 1.54) is 11.8 Å². The molecule has 2 fully saturated rings. The molecule has 0 bridgehead atoms. The van der Waals surface area contributed by atoms with E-state index < -0.39 is 0 Å². The summed E-state index contributed by atoms with van der Waals surface area (Å²) in [5, 5.41) is 2.83. The molecule has 1 aromatic rings. The highest BCUT2D eigenvalue weighted by Gasteiger charge is 2.21. The Kier molecular flexibility index (Phi) is 5.35. The number of thioether (sulfide) groups is 1. The summed E-state index contributed by atoms with van der Waals surface area (Å²) < 4.78 is 5.33. The number of nitrogens with one attached hydrogen (secondary N) is 1. The van der Waals surface area contributed by atoms with Crippen LogP contribution in [0.3, 0.4) is 0 Å². The molecule has 1 aromatic heterocycles. The molecule has 0 aliphatic carbocycles. The van der Waals surface area contributed by atoms with Crippen LogP contribution in [0.25, 0.3) is 0 Å². The first-order chi connectivity index (χ1) is 11.2. The average Bonchev–Trinajstić information content (AvgIpc) is 3.00. The zero-order valence-electron chi connectivity index (χ0n) is 12.9. The Labute approximate surface area is 139 Å². The Bertz CT molecular complexity index is 560. The number of nitrogens with zero attached hydrogens (tertiary/aromatic N) is 3. The van der Waals surface area contributed by atoms with Crippen LogP contribution in [0.5, 0.6) is 0 Å². The highest BCUT2D eigenvalue weighted by molar-refractivity contribution is 8.13. The van der Waals surface area contributed by atoms with E-state index in [1.54, 1.807) is 17.2 Å². The number of aromatic nitrogens is 1. The molecule has 8 heteroatoms. The molecular formula is C15H20N4O3S. The number of morpholine rings is 1. The minimum absolute atomic E-state index is 0.0609. The molecule has 124 valence electrons. The summed E-state index contributed by atoms with van der Waals surface area (Å²) >= 11 is 1.31. The Hall–Kier alpha value is -1.80. The van der Waals surface area contributed by atoms with Crippen molar-refractivity contribution in [2.45, 2.75) is 6.42 Å². The number of carbonyl (C=O) groups is 2. The van der Waals surface area contributed by atoms with Gasteiger partial charge in [0.05, 0.1) is 25.1 Å². The van der Waals surface area contributed by atoms with Crippen LogP contribution in [-0.2, 0) is 9.53 Å². The van der Waals surface area contributed by atoms with Gasteiger partial charge < -0.3 is 19.9 Å². The van der Waals surface area contributed by atoms with Crippen molar-refractivity contribution in [1.29, 1.82) is 0 Å². The third-order valence-corrected chi connectivity index (χ3v) is 4.74. The maximum atomic E-state index is 11.9. The topological polar surface area (TPSA) is 74.8 Å². The second-order valence-electron chi connectivity index (χ2n) is 5.40. The molecule has 3 heterocycles. The Balaban J connectivity index is 1.47. The van der Waals surface area contributed by atoms with Crippen LogP contribution in [0, 0.1) is 0 Å². The highest BCUT2D eigenvalue weighted by Crippen LogP contribution is 2.18. The van der Waals surface area contributed by atoms with Crippen LogP contribution in [-0.4, -0.2) is 66.2 Å². The van der Waals surface area contributed by atoms with E-state index in [2.05, 4.69) is 15.2 Å². The van der Waals surface area contributed by atoms with Gasteiger partial charge in [0, 0.05) is 38.4 Å². The molecule has 1 N–H and O–H groups in total. The standard InChI is InChI=1S/C15H20N4O3S/c20-14(3-4-19-7-10-23-15(19)21)17-13-2-1-12(11-16-13)18-5-8-22-9-6-18/h1-2,11H,3-10H2,(H,16,17,20). The highest BCUT2D eigenvalue weighted by atomic mass is 32.2. The van der Waals surface area contributed by atoms with Gasteiger partial charge in [-0.25, -0.2) is 4.98 Å². The van der Waals surface area contributed by atoms with E-state index >= 15 is 0 Å². The molecule has 0 spiro atoms. The van der Waals surface area contributed by atoms with Crippen LogP contribution >= 0.6 is 11.8 Å². The smallest absolute Gasteiger partial charge is 0.281 e. The summed E-state index contributed by atoms with van der Waals surface area (Å²) in [6, 6.07) is 3.76. The predicted octanol–water partition coefficient (Wildman–Crippen LogP) is 1.42. The van der Waals surface area contributed by atoms with Gasteiger partial charge in [0.1, 0.15) is 5.82 Å². The first-order valence-corrected chi connectivity index (χ1v) is 8.71. The van der Waals surface area contributed by atoms with Gasteiger partial charge in [0.25, 0.3) is 5.24 Å². The second-order valence-corrected chi connectivity index (χ2v) is 6.45. The SMILES string of the molecule is O=C(CCN1CCSC1=O)Nc1ccc(N2CCOCC2)cn1. The first-order valence-electron chi connectivity index (χ1n) is 7.73. The van der Waals surface area contributed by atoms with E-state index in [0.29, 0.717) is 18.8 Å². The summed E-state index contributed by atoms with van der Waals surface area (Å²) in [5.41, 5.74) is 1.03. The van der Waals surface area contributed by atoms with Crippen molar-refractivity contribution in [2.75, 3.05) is 55.4 Å². The molecule has 7 nitrogen and oxygen atoms in total. The van der Waals surface area contributed by atoms with Gasteiger partial charge in [-0.1, -0.05) is 11.8 Å². The van der Waals surface area contributed by atoms with E-state index in [4.69, 9.17) is 4.74 Å². The van der Waals surface area contributed by atoms with Crippen LogP contribution in [0.2, 0.25) is 0 Å². The maximum absolute atomic E-state index is 11.9. The lowest BCUT2D eigenvalue weighted by atomic mass is 10.3. The molecule has 0 unspecified atom stereocenters. The van der Waals surface area contributed by atoms with Crippen molar-refractivity contribution >= 4 is 34.4 Å². The van der Waals surface area contributed by atoms with Gasteiger partial charge in [-0.3, -0.25) is 9.59 Å². The van der Waals surface area contributed by atoms with E-state index in [9.17, 15) is 9.59 Å². The van der Waals surface area contributed by atoms with Crippen molar-refractivity contribution in [1.82, 2.24) is 9.88 Å². The molecule has 2 aliphatic heterocycles. The summed E-state index contributed by atoms with van der Waals surface area (Å²) in [6.45, 7) is 4.36. The Morgan fingerprint density at radius 2 is 2.13 bits per heavy atom. The fourth-order valence-electron chi connectivity index (χ4n) is 2.54. The summed E-state index contributed by atoms with van der Waals surface area (Å²) in [7, 11) is 0. The van der Waals surface area contributed by atoms with E-state index in [1.807, 2.05) is 6.07 Å². The fourth-order valence-corrected chi connectivity index (χ4v) is 3.39. The monoisotopic (exact) mass is 336 g/mol. The molecule has 0 radical (unpaired) electrons. The molecule has 23 heavy (non-hydrogen) atoms. The molecular weight excluding hydrogens is 316 g/mol. The number of rotatable bonds is 5. The number of hydrogen-bond donors (Lipinski definition) is 1. The third-order valence-electron chi connectivity index (χ3n) is 3.85. The lowest BCUT2D eigenvalue weighted by Gasteiger charge is -2.28. The van der Waals surface area contributed by atoms with Gasteiger partial charge >= 0.3 is 0 Å². The average molecular weight is 336 g/mol. The lowest BCUT2D eigenvalue weighted by Crippen LogP contribution is -2.36. The summed E-state index contributed by atoms with van der Waals surface area (Å²) in [5.74, 6) is 1.22. The van der Waals surface area contributed by atoms with E-state index in [0.717, 1.165) is 44.3 Å². The molecule has 2 saturated heterocycles. The molecule has 0 saturated carbocycles. The van der Waals surface area contributed by atoms with Crippen LogP contribution < -0.4 is 10.2 Å². The molecule has 0 atom stereocenters. The zero-order valence-corrected chi connectivity index (χ0v) is 13.7. The number of hydrogen-bond acceptors (Lipinski definition) is 6. The van der Waals surface area contributed by atoms with Crippen molar-refractivity contribution in [3.8, 4) is 0 Å². The molecule has 3 rings (SSSR count). The van der Waals surface area contributed by atoms with Gasteiger partial charge in [-0.2, -0.15) is 0 Å². The van der Waals surface area contributed by atoms with Gasteiger partial charge in [0.15, 0.2) is 0 Å². The second kappa shape index (κ2) is 7.65. The van der Waals surface area contributed by atoms with Crippen LogP contribution in [0.15, 0.2) is 18.3 Å². The largest absolute Gasteiger partial charge is 0.378 e. The van der Waals surface area contributed by atoms with Crippen molar-refractivity contribution < 1.29 is 14.3 Å². The van der Waals surface area contributed by atoms with Crippen molar-refractivity contribution in [3.05, 3.63) is 18.3 Å². The maximum Gasteiger partial charge on any atom is 0.281 e. The minimum Gasteiger partial charge on any atom is -0.378 e. The lowest BCUT2D eigenvalue weighted by molar-refractivity contribution is -0.116. The Morgan fingerprint density at radius 1 is 1.30 bits per heavy atom. The summed E-state index contributed by atoms with van der Waals surface area (Å²) in [6.07, 6.45) is 2.06. The van der Waals surface area contributed by atoms with Gasteiger partial charge in [0.2, 0.25) is 5.91 Å². The number of carbonyl (C=O) groups excluding carboxylic acids is 2. The number of ether oxygens (including phenoxy) is 1. The van der Waals surface area contributed by atoms with Gasteiger partial charge in [-0.05, 0) is 12.1 Å². The fraction of sp³-hybridized carbons (Fsp3) is 0.533. The molecule has 0 aromatic carbocycles. The first kappa shape index (κ1) is 16.1.